The van der Waals surface area contributed by atoms with Gasteiger partial charge in [-0.1, -0.05) is 15.9 Å². The summed E-state index contributed by atoms with van der Waals surface area (Å²) in [5, 5.41) is 2.85. The van der Waals surface area contributed by atoms with Gasteiger partial charge in [0, 0.05) is 32.4 Å². The monoisotopic (exact) mass is 355 g/mol. The van der Waals surface area contributed by atoms with Crippen molar-refractivity contribution in [3.8, 4) is 0 Å². The van der Waals surface area contributed by atoms with E-state index < -0.39 is 8.80 Å². The smallest absolute Gasteiger partial charge is 0.374 e. The second-order valence-electron chi connectivity index (χ2n) is 3.99. The number of alkyl halides is 1. The lowest BCUT2D eigenvalue weighted by Gasteiger charge is -2.28. The van der Waals surface area contributed by atoms with Crippen LogP contribution in [0.15, 0.2) is 0 Å². The van der Waals surface area contributed by atoms with Gasteiger partial charge in [-0.25, -0.2) is 0 Å². The van der Waals surface area contributed by atoms with Crippen molar-refractivity contribution in [2.45, 2.75) is 45.0 Å². The largest absolute Gasteiger partial charge is 0.500 e. The fourth-order valence-electron chi connectivity index (χ4n) is 1.66. The number of carbonyl (C=O) groups is 1. The Bertz CT molecular complexity index is 237. The molecule has 0 spiro atoms. The molecule has 0 saturated heterocycles. The van der Waals surface area contributed by atoms with Gasteiger partial charge in [0.2, 0.25) is 5.91 Å². The lowest BCUT2D eigenvalue weighted by molar-refractivity contribution is -0.120. The molecule has 0 aromatic carbocycles. The molecule has 0 fully saturated rings. The summed E-state index contributed by atoms with van der Waals surface area (Å²) in [5.41, 5.74) is 0. The first-order valence-corrected chi connectivity index (χ1v) is 9.69. The topological polar surface area (TPSA) is 56.8 Å². The van der Waals surface area contributed by atoms with Crippen molar-refractivity contribution in [3.05, 3.63) is 0 Å². The molecule has 1 amide bonds. The number of halogens is 1. The van der Waals surface area contributed by atoms with Crippen LogP contribution in [-0.2, 0) is 18.1 Å². The van der Waals surface area contributed by atoms with Crippen LogP contribution in [0.1, 0.15) is 34.1 Å². The van der Waals surface area contributed by atoms with Crippen molar-refractivity contribution in [3.63, 3.8) is 0 Å². The summed E-state index contributed by atoms with van der Waals surface area (Å²) in [6.07, 6.45) is 0.789. The van der Waals surface area contributed by atoms with Crippen molar-refractivity contribution in [2.75, 3.05) is 26.4 Å². The first-order chi connectivity index (χ1) is 9.01. The maximum atomic E-state index is 11.4. The van der Waals surface area contributed by atoms with Gasteiger partial charge in [-0.15, -0.1) is 0 Å². The van der Waals surface area contributed by atoms with E-state index in [0.29, 0.717) is 26.4 Å². The molecule has 0 rings (SSSR count). The minimum atomic E-state index is -2.56. The molecule has 0 aliphatic heterocycles. The zero-order valence-electron chi connectivity index (χ0n) is 12.3. The normalized spacial score (nSPS) is 13.3. The van der Waals surface area contributed by atoms with E-state index in [1.165, 1.54) is 0 Å². The molecule has 0 saturated carbocycles. The third-order valence-corrected chi connectivity index (χ3v) is 5.98. The van der Waals surface area contributed by atoms with Gasteiger partial charge in [-0.3, -0.25) is 4.79 Å². The number of hydrogen-bond donors (Lipinski definition) is 1. The number of rotatable bonds is 11. The Labute approximate surface area is 125 Å². The zero-order chi connectivity index (χ0) is 14.7. The maximum absolute atomic E-state index is 11.4. The van der Waals surface area contributed by atoms with E-state index >= 15 is 0 Å². The second kappa shape index (κ2) is 10.8. The van der Waals surface area contributed by atoms with Crippen molar-refractivity contribution in [1.29, 1.82) is 0 Å². The number of carbonyl (C=O) groups excluding carboxylic acids is 1. The van der Waals surface area contributed by atoms with Gasteiger partial charge in [-0.2, -0.15) is 0 Å². The van der Waals surface area contributed by atoms with Crippen molar-refractivity contribution >= 4 is 30.6 Å². The number of nitrogens with one attached hydrogen (secondary N) is 1. The van der Waals surface area contributed by atoms with Crippen LogP contribution in [0.5, 0.6) is 0 Å². The van der Waals surface area contributed by atoms with Crippen LogP contribution in [0.4, 0.5) is 0 Å². The Morgan fingerprint density at radius 1 is 1.16 bits per heavy atom. The summed E-state index contributed by atoms with van der Waals surface area (Å²) in [7, 11) is -2.56. The number of hydrogen-bond acceptors (Lipinski definition) is 4. The van der Waals surface area contributed by atoms with Gasteiger partial charge in [0.15, 0.2) is 0 Å². The second-order valence-corrected chi connectivity index (χ2v) is 8.10. The zero-order valence-corrected chi connectivity index (χ0v) is 14.9. The first-order valence-electron chi connectivity index (χ1n) is 6.85. The summed E-state index contributed by atoms with van der Waals surface area (Å²) in [5.74, 6) is -0.00324. The highest BCUT2D eigenvalue weighted by Crippen LogP contribution is 2.17. The molecule has 0 bridgehead atoms. The van der Waals surface area contributed by atoms with Crippen LogP contribution >= 0.6 is 15.9 Å². The molecule has 0 aliphatic carbocycles. The van der Waals surface area contributed by atoms with Crippen LogP contribution in [0.25, 0.3) is 0 Å². The van der Waals surface area contributed by atoms with E-state index in [2.05, 4.69) is 21.2 Å². The highest BCUT2D eigenvalue weighted by molar-refractivity contribution is 9.10. The van der Waals surface area contributed by atoms with Gasteiger partial charge in [-0.05, 0) is 34.1 Å². The Morgan fingerprint density at radius 3 is 2.00 bits per heavy atom. The molecule has 5 nitrogen and oxygen atoms in total. The highest BCUT2D eigenvalue weighted by Gasteiger charge is 2.39. The predicted molar refractivity (Wildman–Crippen MR) is 81.5 cm³/mol. The average Bonchev–Trinajstić information content (AvgIpc) is 2.35. The quantitative estimate of drug-likeness (QED) is 0.351. The minimum Gasteiger partial charge on any atom is -0.374 e. The molecule has 0 heterocycles. The number of amides is 1. The maximum Gasteiger partial charge on any atom is 0.500 e. The molecule has 0 aliphatic rings. The third kappa shape index (κ3) is 8.04. The van der Waals surface area contributed by atoms with Crippen molar-refractivity contribution < 1.29 is 18.1 Å². The third-order valence-electron chi connectivity index (χ3n) is 2.41. The fraction of sp³-hybridized carbons (Fsp3) is 0.917. The Morgan fingerprint density at radius 2 is 1.63 bits per heavy atom. The van der Waals surface area contributed by atoms with Crippen LogP contribution in [0.3, 0.4) is 0 Å². The molecule has 1 unspecified atom stereocenters. The Kier molecular flexibility index (Phi) is 10.8. The Balaban J connectivity index is 4.20. The van der Waals surface area contributed by atoms with E-state index in [9.17, 15) is 4.79 Å². The molecule has 0 aromatic rings. The predicted octanol–water partition coefficient (Wildman–Crippen LogP) is 2.32. The molecule has 19 heavy (non-hydrogen) atoms. The molecule has 0 aromatic heterocycles. The van der Waals surface area contributed by atoms with E-state index in [-0.39, 0.29) is 10.7 Å². The van der Waals surface area contributed by atoms with Gasteiger partial charge in [0.1, 0.15) is 0 Å². The molecule has 114 valence electrons. The molecular weight excluding hydrogens is 330 g/mol. The van der Waals surface area contributed by atoms with E-state index in [0.717, 1.165) is 12.5 Å². The van der Waals surface area contributed by atoms with Crippen LogP contribution in [0.2, 0.25) is 6.04 Å². The summed E-state index contributed by atoms with van der Waals surface area (Å²) in [6, 6.07) is 0.722. The van der Waals surface area contributed by atoms with E-state index in [4.69, 9.17) is 13.3 Å². The van der Waals surface area contributed by atoms with Crippen LogP contribution in [-0.4, -0.2) is 45.9 Å². The molecule has 1 N–H and O–H groups in total. The fourth-order valence-corrected chi connectivity index (χ4v) is 4.43. The van der Waals surface area contributed by atoms with Crippen molar-refractivity contribution in [1.82, 2.24) is 5.32 Å². The van der Waals surface area contributed by atoms with Gasteiger partial charge in [0.05, 0.1) is 4.83 Å². The summed E-state index contributed by atoms with van der Waals surface area (Å²) >= 11 is 3.23. The molecule has 1 atom stereocenters. The minimum absolute atomic E-state index is 0.00324. The van der Waals surface area contributed by atoms with Crippen molar-refractivity contribution in [2.24, 2.45) is 0 Å². The molecule has 7 heteroatoms. The lowest BCUT2D eigenvalue weighted by atomic mass is 10.4. The molecular formula is C12H26BrNO4Si. The first kappa shape index (κ1) is 19.0. The van der Waals surface area contributed by atoms with Gasteiger partial charge >= 0.3 is 8.80 Å². The average molecular weight is 356 g/mol. The van der Waals surface area contributed by atoms with Gasteiger partial charge < -0.3 is 18.6 Å². The Hall–Kier alpha value is 0.0469. The SMILES string of the molecule is CCO[Si](CCCNC(=O)C(C)Br)(OCC)OCC. The highest BCUT2D eigenvalue weighted by atomic mass is 79.9. The lowest BCUT2D eigenvalue weighted by Crippen LogP contribution is -2.46. The van der Waals surface area contributed by atoms with E-state index in [1.807, 2.05) is 20.8 Å². The standard InChI is InChI=1S/C12H26BrNO4Si/c1-5-16-19(17-6-2,18-7-3)10-8-9-14-12(15)11(4)13/h11H,5-10H2,1-4H3,(H,14,15). The van der Waals surface area contributed by atoms with E-state index in [1.54, 1.807) is 6.92 Å². The van der Waals surface area contributed by atoms with Gasteiger partial charge in [0.25, 0.3) is 0 Å². The van der Waals surface area contributed by atoms with Crippen LogP contribution < -0.4 is 5.32 Å². The molecule has 0 radical (unpaired) electrons. The van der Waals surface area contributed by atoms with Crippen LogP contribution in [0, 0.1) is 0 Å². The summed E-state index contributed by atoms with van der Waals surface area (Å²) < 4.78 is 17.2. The summed E-state index contributed by atoms with van der Waals surface area (Å²) in [4.78, 5) is 11.2. The summed E-state index contributed by atoms with van der Waals surface area (Å²) in [6.45, 7) is 9.97.